The molecule has 1 saturated carbocycles. The van der Waals surface area contributed by atoms with Crippen molar-refractivity contribution >= 4 is 33.3 Å². The van der Waals surface area contributed by atoms with Crippen LogP contribution >= 0.6 is 0 Å². The lowest BCUT2D eigenvalue weighted by atomic mass is 10.0. The molecular formula is C29H32N10. The van der Waals surface area contributed by atoms with Crippen LogP contribution in [0.2, 0.25) is 0 Å². The molecule has 0 aromatic carbocycles. The van der Waals surface area contributed by atoms with Crippen molar-refractivity contribution in [1.29, 1.82) is 0 Å². The zero-order chi connectivity index (χ0) is 26.3. The third-order valence-electron chi connectivity index (χ3n) is 8.08. The third-order valence-corrected chi connectivity index (χ3v) is 8.08. The fourth-order valence-corrected chi connectivity index (χ4v) is 5.78. The molecule has 1 aliphatic carbocycles. The quantitative estimate of drug-likeness (QED) is 0.292. The van der Waals surface area contributed by atoms with Gasteiger partial charge in [0.1, 0.15) is 11.2 Å². The van der Waals surface area contributed by atoms with Crippen LogP contribution in [-0.4, -0.2) is 73.2 Å². The number of nitrogens with one attached hydrogen (secondary N) is 3. The second kappa shape index (κ2) is 9.77. The van der Waals surface area contributed by atoms with Crippen molar-refractivity contribution in [3.8, 4) is 22.8 Å². The summed E-state index contributed by atoms with van der Waals surface area (Å²) in [5, 5.41) is 12.2. The summed E-state index contributed by atoms with van der Waals surface area (Å²) in [4.78, 5) is 26.8. The topological polar surface area (TPSA) is 115 Å². The lowest BCUT2D eigenvalue weighted by Gasteiger charge is -2.33. The Labute approximate surface area is 226 Å². The predicted molar refractivity (Wildman–Crippen MR) is 154 cm³/mol. The summed E-state index contributed by atoms with van der Waals surface area (Å²) in [7, 11) is 2.16. The van der Waals surface area contributed by atoms with Gasteiger partial charge in [0.05, 0.1) is 52.9 Å². The standard InChI is InChI=1S/C29H32N10/c1-18(19-5-3-4-6-19)33-21-11-20(13-30-14-21)23-12-22-24(16-32-23)36-37-27(22)29-34-25-15-31-17-26(28(25)35-29)39-9-7-38(2)8-10-39/h11-17,19,33H,1,3-10H2,2H3,(H,34,35)(H,36,37). The van der Waals surface area contributed by atoms with E-state index in [0.29, 0.717) is 11.7 Å². The van der Waals surface area contributed by atoms with Gasteiger partial charge in [-0.2, -0.15) is 5.10 Å². The van der Waals surface area contributed by atoms with Crippen molar-refractivity contribution in [3.63, 3.8) is 0 Å². The first-order chi connectivity index (χ1) is 19.1. The molecule has 1 aliphatic heterocycles. The molecule has 0 radical (unpaired) electrons. The number of rotatable bonds is 6. The molecule has 0 amide bonds. The van der Waals surface area contributed by atoms with Crippen molar-refractivity contribution in [3.05, 3.63) is 55.4 Å². The van der Waals surface area contributed by atoms with Gasteiger partial charge in [-0.25, -0.2) is 4.98 Å². The number of hydrogen-bond donors (Lipinski definition) is 3. The van der Waals surface area contributed by atoms with Crippen LogP contribution in [0.1, 0.15) is 25.7 Å². The van der Waals surface area contributed by atoms with Crippen molar-refractivity contribution in [2.24, 2.45) is 5.92 Å². The molecule has 0 bridgehead atoms. The lowest BCUT2D eigenvalue weighted by Crippen LogP contribution is -2.44. The summed E-state index contributed by atoms with van der Waals surface area (Å²) in [5.41, 5.74) is 8.23. The highest BCUT2D eigenvalue weighted by Crippen LogP contribution is 2.33. The number of fused-ring (bicyclic) bond motifs is 2. The van der Waals surface area contributed by atoms with Gasteiger partial charge in [0.25, 0.3) is 0 Å². The fourth-order valence-electron chi connectivity index (χ4n) is 5.78. The summed E-state index contributed by atoms with van der Waals surface area (Å²) in [6, 6.07) is 4.13. The van der Waals surface area contributed by atoms with Gasteiger partial charge in [-0.15, -0.1) is 0 Å². The highest BCUT2D eigenvalue weighted by atomic mass is 15.3. The van der Waals surface area contributed by atoms with E-state index in [0.717, 1.165) is 82.1 Å². The molecule has 10 nitrogen and oxygen atoms in total. The maximum absolute atomic E-state index is 5.00. The minimum atomic E-state index is 0.535. The smallest absolute Gasteiger partial charge is 0.159 e. The van der Waals surface area contributed by atoms with Crippen molar-refractivity contribution < 1.29 is 0 Å². The number of H-pyrrole nitrogens is 2. The predicted octanol–water partition coefficient (Wildman–Crippen LogP) is 4.83. The molecule has 7 rings (SSSR count). The van der Waals surface area contributed by atoms with Gasteiger partial charge in [0.15, 0.2) is 5.82 Å². The number of pyridine rings is 3. The Morgan fingerprint density at radius 3 is 2.64 bits per heavy atom. The summed E-state index contributed by atoms with van der Waals surface area (Å²) in [5.74, 6) is 1.24. The van der Waals surface area contributed by atoms with Crippen molar-refractivity contribution in [2.45, 2.75) is 25.7 Å². The normalized spacial score (nSPS) is 16.9. The number of likely N-dealkylation sites (N-methyl/N-ethyl adjacent to an activating group) is 1. The zero-order valence-electron chi connectivity index (χ0n) is 22.1. The van der Waals surface area contributed by atoms with E-state index < -0.39 is 0 Å². The highest BCUT2D eigenvalue weighted by molar-refractivity contribution is 5.96. The number of imidazole rings is 1. The minimum Gasteiger partial charge on any atom is -0.366 e. The van der Waals surface area contributed by atoms with Crippen LogP contribution in [0.25, 0.3) is 44.7 Å². The van der Waals surface area contributed by atoms with Gasteiger partial charge in [-0.1, -0.05) is 19.4 Å². The Hall–Kier alpha value is -4.31. The average Bonchev–Trinajstić information content (AvgIpc) is 3.73. The van der Waals surface area contributed by atoms with Crippen LogP contribution < -0.4 is 10.2 Å². The van der Waals surface area contributed by atoms with E-state index in [1.54, 1.807) is 0 Å². The van der Waals surface area contributed by atoms with Crippen LogP contribution in [0, 0.1) is 5.92 Å². The zero-order valence-corrected chi connectivity index (χ0v) is 22.1. The summed E-state index contributed by atoms with van der Waals surface area (Å²) >= 11 is 0. The minimum absolute atomic E-state index is 0.535. The van der Waals surface area contributed by atoms with Crippen LogP contribution in [0.3, 0.4) is 0 Å². The molecule has 198 valence electrons. The van der Waals surface area contributed by atoms with E-state index in [2.05, 4.69) is 60.0 Å². The van der Waals surface area contributed by atoms with E-state index in [9.17, 15) is 0 Å². The molecule has 5 aromatic heterocycles. The van der Waals surface area contributed by atoms with Crippen LogP contribution in [0.15, 0.2) is 55.4 Å². The third kappa shape index (κ3) is 4.50. The molecule has 1 saturated heterocycles. The molecule has 39 heavy (non-hydrogen) atoms. The molecule has 2 fully saturated rings. The number of allylic oxidation sites excluding steroid dienone is 1. The van der Waals surface area contributed by atoms with Crippen molar-refractivity contribution in [2.75, 3.05) is 43.4 Å². The molecule has 2 aliphatic rings. The van der Waals surface area contributed by atoms with E-state index in [1.165, 1.54) is 25.7 Å². The average molecular weight is 521 g/mol. The van der Waals surface area contributed by atoms with Gasteiger partial charge in [0.2, 0.25) is 0 Å². The second-order valence-electron chi connectivity index (χ2n) is 10.7. The number of piperazine rings is 1. The summed E-state index contributed by atoms with van der Waals surface area (Å²) in [6.07, 6.45) is 14.2. The first kappa shape index (κ1) is 23.8. The van der Waals surface area contributed by atoms with E-state index in [1.807, 2.05) is 37.1 Å². The lowest BCUT2D eigenvalue weighted by molar-refractivity contribution is 0.313. The Bertz CT molecular complexity index is 1650. The second-order valence-corrected chi connectivity index (χ2v) is 10.7. The molecule has 10 heteroatoms. The Morgan fingerprint density at radius 2 is 1.79 bits per heavy atom. The van der Waals surface area contributed by atoms with Gasteiger partial charge in [0, 0.05) is 49.0 Å². The number of hydrogen-bond acceptors (Lipinski definition) is 8. The molecule has 0 unspecified atom stereocenters. The molecule has 0 atom stereocenters. The van der Waals surface area contributed by atoms with E-state index >= 15 is 0 Å². The van der Waals surface area contributed by atoms with Crippen LogP contribution in [-0.2, 0) is 0 Å². The number of anilines is 2. The largest absolute Gasteiger partial charge is 0.366 e. The number of aromatic amines is 2. The van der Waals surface area contributed by atoms with Gasteiger partial charge in [-0.3, -0.25) is 20.1 Å². The van der Waals surface area contributed by atoms with Gasteiger partial charge in [-0.05, 0) is 37.9 Å². The van der Waals surface area contributed by atoms with E-state index in [-0.39, 0.29) is 0 Å². The van der Waals surface area contributed by atoms with Crippen LogP contribution in [0.4, 0.5) is 11.4 Å². The fraction of sp³-hybridized carbons (Fsp3) is 0.345. The van der Waals surface area contributed by atoms with Gasteiger partial charge < -0.3 is 20.1 Å². The van der Waals surface area contributed by atoms with Gasteiger partial charge >= 0.3 is 0 Å². The highest BCUT2D eigenvalue weighted by Gasteiger charge is 2.21. The maximum atomic E-state index is 5.00. The summed E-state index contributed by atoms with van der Waals surface area (Å²) < 4.78 is 0. The van der Waals surface area contributed by atoms with Crippen molar-refractivity contribution in [1.82, 2.24) is 40.0 Å². The monoisotopic (exact) mass is 520 g/mol. The SMILES string of the molecule is C=C(Nc1cncc(-c2cc3c(-c4nc5c(N6CCN(C)CC6)cncc5[nH]4)n[nH]c3cn2)c1)C1CCCC1. The Balaban J connectivity index is 1.21. The molecule has 0 spiro atoms. The van der Waals surface area contributed by atoms with E-state index in [4.69, 9.17) is 9.97 Å². The van der Waals surface area contributed by atoms with Crippen LogP contribution in [0.5, 0.6) is 0 Å². The molecule has 3 N–H and O–H groups in total. The number of aromatic nitrogens is 7. The Kier molecular flexibility index (Phi) is 5.96. The maximum Gasteiger partial charge on any atom is 0.159 e. The first-order valence-electron chi connectivity index (χ1n) is 13.7. The number of nitrogens with zero attached hydrogens (tertiary/aromatic N) is 7. The molecule has 5 aromatic rings. The first-order valence-corrected chi connectivity index (χ1v) is 13.7. The molecule has 6 heterocycles. The summed E-state index contributed by atoms with van der Waals surface area (Å²) in [6.45, 7) is 8.24. The Morgan fingerprint density at radius 1 is 0.974 bits per heavy atom. The molecular weight excluding hydrogens is 488 g/mol.